The third-order valence-corrected chi connectivity index (χ3v) is 4.89. The lowest BCUT2D eigenvalue weighted by molar-refractivity contribution is -0.0518. The normalized spacial score (nSPS) is 30.1. The van der Waals surface area contributed by atoms with Crippen molar-refractivity contribution in [2.45, 2.75) is 36.6 Å². The number of alkyl halides is 1. The van der Waals surface area contributed by atoms with E-state index in [0.717, 1.165) is 13.0 Å². The summed E-state index contributed by atoms with van der Waals surface area (Å²) in [6, 6.07) is 10.7. The molecule has 0 bridgehead atoms. The van der Waals surface area contributed by atoms with Crippen LogP contribution in [0.25, 0.3) is 0 Å². The van der Waals surface area contributed by atoms with E-state index in [4.69, 9.17) is 4.74 Å². The molecule has 2 heteroatoms. The molecule has 2 atom stereocenters. The first-order valence-electron chi connectivity index (χ1n) is 5.44. The van der Waals surface area contributed by atoms with E-state index in [0.29, 0.717) is 10.7 Å². The van der Waals surface area contributed by atoms with E-state index in [1.807, 2.05) is 0 Å². The van der Waals surface area contributed by atoms with Crippen molar-refractivity contribution >= 4 is 15.9 Å². The average molecular weight is 269 g/mol. The van der Waals surface area contributed by atoms with Gasteiger partial charge in [0.05, 0.1) is 5.60 Å². The molecule has 1 heterocycles. The van der Waals surface area contributed by atoms with Crippen LogP contribution in [-0.2, 0) is 4.74 Å². The Labute approximate surface area is 100.0 Å². The lowest BCUT2D eigenvalue weighted by atomic mass is 9.83. The molecular weight excluding hydrogens is 252 g/mol. The molecule has 0 unspecified atom stereocenters. The summed E-state index contributed by atoms with van der Waals surface area (Å²) < 4.78 is 5.78. The van der Waals surface area contributed by atoms with E-state index in [1.165, 1.54) is 5.56 Å². The van der Waals surface area contributed by atoms with E-state index < -0.39 is 0 Å². The zero-order valence-electron chi connectivity index (χ0n) is 9.24. The Kier molecular flexibility index (Phi) is 3.17. The van der Waals surface area contributed by atoms with Crippen molar-refractivity contribution in [1.29, 1.82) is 0 Å². The van der Waals surface area contributed by atoms with Gasteiger partial charge in [-0.3, -0.25) is 0 Å². The Balaban J connectivity index is 2.23. The van der Waals surface area contributed by atoms with Crippen LogP contribution in [0, 0.1) is 0 Å². The van der Waals surface area contributed by atoms with Gasteiger partial charge in [0, 0.05) is 17.4 Å². The number of hydrogen-bond donors (Lipinski definition) is 0. The first-order valence-corrected chi connectivity index (χ1v) is 6.36. The smallest absolute Gasteiger partial charge is 0.0756 e. The minimum Gasteiger partial charge on any atom is -0.374 e. The number of hydrogen-bond acceptors (Lipinski definition) is 1. The maximum atomic E-state index is 5.78. The molecule has 0 aliphatic carbocycles. The van der Waals surface area contributed by atoms with Gasteiger partial charge in [0.15, 0.2) is 0 Å². The zero-order chi connectivity index (χ0) is 10.9. The largest absolute Gasteiger partial charge is 0.374 e. The molecule has 1 nitrogen and oxygen atoms in total. The van der Waals surface area contributed by atoms with Gasteiger partial charge in [0.25, 0.3) is 0 Å². The highest BCUT2D eigenvalue weighted by Gasteiger charge is 2.38. The quantitative estimate of drug-likeness (QED) is 0.706. The minimum absolute atomic E-state index is 0.0707. The number of benzene rings is 1. The molecule has 1 aromatic rings. The van der Waals surface area contributed by atoms with Crippen molar-refractivity contribution in [3.05, 3.63) is 35.9 Å². The predicted molar refractivity (Wildman–Crippen MR) is 66.5 cm³/mol. The Morgan fingerprint density at radius 2 is 1.93 bits per heavy atom. The average Bonchev–Trinajstić information content (AvgIpc) is 2.23. The molecule has 1 aliphatic rings. The van der Waals surface area contributed by atoms with Crippen LogP contribution in [0.1, 0.15) is 31.7 Å². The molecule has 0 amide bonds. The number of ether oxygens (including phenoxy) is 1. The molecule has 82 valence electrons. The number of rotatable bonds is 1. The maximum absolute atomic E-state index is 5.78. The highest BCUT2D eigenvalue weighted by atomic mass is 79.9. The summed E-state index contributed by atoms with van der Waals surface area (Å²) in [5.74, 6) is 0.565. The minimum atomic E-state index is -0.0707. The standard InChI is InChI=1S/C13H17BrO/c1-13(2)12(14)11(8-9-15-13)10-6-4-3-5-7-10/h3-7,11-12H,8-9H2,1-2H3/t11-,12-/m0/s1. The second-order valence-corrected chi connectivity index (χ2v) is 5.65. The highest BCUT2D eigenvalue weighted by molar-refractivity contribution is 9.09. The summed E-state index contributed by atoms with van der Waals surface area (Å²) in [5.41, 5.74) is 1.34. The van der Waals surface area contributed by atoms with E-state index in [-0.39, 0.29) is 5.60 Å². The van der Waals surface area contributed by atoms with E-state index in [2.05, 4.69) is 60.1 Å². The third kappa shape index (κ3) is 2.26. The van der Waals surface area contributed by atoms with Crippen LogP contribution >= 0.6 is 15.9 Å². The SMILES string of the molecule is CC1(C)OCC[C@@H](c2ccccc2)[C@@H]1Br. The van der Waals surface area contributed by atoms with E-state index in [1.54, 1.807) is 0 Å². The molecule has 0 aromatic heterocycles. The molecule has 0 spiro atoms. The highest BCUT2D eigenvalue weighted by Crippen LogP contribution is 2.40. The fourth-order valence-electron chi connectivity index (χ4n) is 2.20. The Morgan fingerprint density at radius 3 is 2.60 bits per heavy atom. The van der Waals surface area contributed by atoms with Crippen molar-refractivity contribution in [2.24, 2.45) is 0 Å². The van der Waals surface area contributed by atoms with E-state index >= 15 is 0 Å². The zero-order valence-corrected chi connectivity index (χ0v) is 10.8. The fourth-order valence-corrected chi connectivity index (χ4v) is 2.90. The van der Waals surface area contributed by atoms with Gasteiger partial charge in [-0.25, -0.2) is 0 Å². The van der Waals surface area contributed by atoms with Gasteiger partial charge < -0.3 is 4.74 Å². The van der Waals surface area contributed by atoms with Crippen molar-refractivity contribution in [1.82, 2.24) is 0 Å². The summed E-state index contributed by atoms with van der Waals surface area (Å²) in [6.07, 6.45) is 1.10. The molecule has 0 saturated carbocycles. The molecule has 1 aliphatic heterocycles. The van der Waals surface area contributed by atoms with Gasteiger partial charge in [0.2, 0.25) is 0 Å². The van der Waals surface area contributed by atoms with Crippen LogP contribution in [0.2, 0.25) is 0 Å². The first kappa shape index (κ1) is 11.2. The molecule has 15 heavy (non-hydrogen) atoms. The monoisotopic (exact) mass is 268 g/mol. The number of halogens is 1. The van der Waals surface area contributed by atoms with E-state index in [9.17, 15) is 0 Å². The molecular formula is C13H17BrO. The molecule has 2 rings (SSSR count). The van der Waals surface area contributed by atoms with Gasteiger partial charge in [-0.1, -0.05) is 46.3 Å². The molecule has 1 aromatic carbocycles. The van der Waals surface area contributed by atoms with Crippen LogP contribution in [0.3, 0.4) is 0 Å². The second kappa shape index (κ2) is 4.26. The third-order valence-electron chi connectivity index (χ3n) is 3.15. The molecule has 1 fully saturated rings. The molecule has 1 saturated heterocycles. The van der Waals surface area contributed by atoms with Gasteiger partial charge in [-0.2, -0.15) is 0 Å². The topological polar surface area (TPSA) is 9.23 Å². The van der Waals surface area contributed by atoms with Crippen molar-refractivity contribution in [2.75, 3.05) is 6.61 Å². The Bertz CT molecular complexity index is 321. The molecule has 0 radical (unpaired) electrons. The van der Waals surface area contributed by atoms with Crippen molar-refractivity contribution in [3.8, 4) is 0 Å². The predicted octanol–water partition coefficient (Wildman–Crippen LogP) is 3.73. The van der Waals surface area contributed by atoms with Crippen LogP contribution < -0.4 is 0 Å². The lowest BCUT2D eigenvalue weighted by Gasteiger charge is -2.41. The second-order valence-electron chi connectivity index (χ2n) is 4.66. The van der Waals surface area contributed by atoms with Crippen LogP contribution in [0.5, 0.6) is 0 Å². The maximum Gasteiger partial charge on any atom is 0.0756 e. The van der Waals surface area contributed by atoms with Crippen LogP contribution in [0.4, 0.5) is 0 Å². The summed E-state index contributed by atoms with van der Waals surface area (Å²) >= 11 is 3.79. The fraction of sp³-hybridized carbons (Fsp3) is 0.538. The molecule has 0 N–H and O–H groups in total. The summed E-state index contributed by atoms with van der Waals surface area (Å²) in [7, 11) is 0. The van der Waals surface area contributed by atoms with Crippen molar-refractivity contribution < 1.29 is 4.74 Å². The summed E-state index contributed by atoms with van der Waals surface area (Å²) in [6.45, 7) is 5.16. The van der Waals surface area contributed by atoms with Crippen LogP contribution in [-0.4, -0.2) is 17.0 Å². The van der Waals surface area contributed by atoms with Gasteiger partial charge in [-0.15, -0.1) is 0 Å². The Hall–Kier alpha value is -0.340. The summed E-state index contributed by atoms with van der Waals surface area (Å²) in [4.78, 5) is 0.390. The first-order chi connectivity index (χ1) is 7.11. The van der Waals surface area contributed by atoms with Gasteiger partial charge in [0.1, 0.15) is 0 Å². The van der Waals surface area contributed by atoms with Crippen LogP contribution in [0.15, 0.2) is 30.3 Å². The van der Waals surface area contributed by atoms with Crippen molar-refractivity contribution in [3.63, 3.8) is 0 Å². The van der Waals surface area contributed by atoms with Gasteiger partial charge in [-0.05, 0) is 25.8 Å². The Morgan fingerprint density at radius 1 is 1.27 bits per heavy atom. The lowest BCUT2D eigenvalue weighted by Crippen LogP contribution is -2.43. The summed E-state index contributed by atoms with van der Waals surface area (Å²) in [5, 5.41) is 0. The van der Waals surface area contributed by atoms with Gasteiger partial charge >= 0.3 is 0 Å².